The SMILES string of the molecule is Cc1ccc(-c2csc(N[C@@H]3OC(=O)c4c#cccc43)n2)c(C)c1. The number of carbonyl (C=O) groups is 1. The van der Waals surface area contributed by atoms with Crippen molar-refractivity contribution < 1.29 is 9.53 Å². The Morgan fingerprint density at radius 3 is 3.00 bits per heavy atom. The standard InChI is InChI=1S/C19H14N2O2S/c1-11-7-8-13(12(2)9-11)16-10-24-19(20-16)21-17-14-5-3-4-6-15(14)18(22)23-17/h3,5,7-10,17H,1-2H3,(H,20,21)/t17-/m1/s1. The number of fused-ring (bicyclic) bond motifs is 1. The van der Waals surface area contributed by atoms with Crippen LogP contribution in [0.1, 0.15) is 33.3 Å². The molecule has 1 aromatic heterocycles. The number of aryl methyl sites for hydroxylation is 2. The molecule has 1 N–H and O–H groups in total. The maximum Gasteiger partial charge on any atom is 0.349 e. The van der Waals surface area contributed by atoms with Crippen LogP contribution in [0.5, 0.6) is 0 Å². The molecule has 1 aliphatic rings. The van der Waals surface area contributed by atoms with Gasteiger partial charge in [-0.15, -0.1) is 11.3 Å². The molecular formula is C19H14N2O2S. The summed E-state index contributed by atoms with van der Waals surface area (Å²) in [5.74, 6) is -0.384. The highest BCUT2D eigenvalue weighted by molar-refractivity contribution is 7.14. The van der Waals surface area contributed by atoms with Gasteiger partial charge in [-0.2, -0.15) is 0 Å². The van der Waals surface area contributed by atoms with Crippen molar-refractivity contribution in [2.24, 2.45) is 0 Å². The molecule has 0 bridgehead atoms. The summed E-state index contributed by atoms with van der Waals surface area (Å²) in [6.07, 6.45) is -0.531. The van der Waals surface area contributed by atoms with Crippen LogP contribution in [0, 0.1) is 26.0 Å². The van der Waals surface area contributed by atoms with Gasteiger partial charge in [0.25, 0.3) is 0 Å². The molecule has 1 atom stereocenters. The van der Waals surface area contributed by atoms with Crippen molar-refractivity contribution in [3.05, 3.63) is 70.1 Å². The monoisotopic (exact) mass is 334 g/mol. The summed E-state index contributed by atoms with van der Waals surface area (Å²) in [5, 5.41) is 5.89. The van der Waals surface area contributed by atoms with E-state index in [1.54, 1.807) is 6.07 Å². The van der Waals surface area contributed by atoms with Crippen molar-refractivity contribution in [3.8, 4) is 11.3 Å². The minimum Gasteiger partial charge on any atom is -0.433 e. The number of hydrogen-bond acceptors (Lipinski definition) is 5. The van der Waals surface area contributed by atoms with Crippen LogP contribution in [0.2, 0.25) is 0 Å². The Bertz CT molecular complexity index is 933. The number of thiazole rings is 1. The lowest BCUT2D eigenvalue weighted by Crippen LogP contribution is -2.10. The van der Waals surface area contributed by atoms with Gasteiger partial charge in [0, 0.05) is 16.5 Å². The molecule has 2 heterocycles. The fourth-order valence-corrected chi connectivity index (χ4v) is 3.53. The molecule has 2 aromatic carbocycles. The van der Waals surface area contributed by atoms with Crippen molar-refractivity contribution in [2.45, 2.75) is 20.1 Å². The normalized spacial score (nSPS) is 15.6. The summed E-state index contributed by atoms with van der Waals surface area (Å²) >= 11 is 1.49. The van der Waals surface area contributed by atoms with Gasteiger partial charge in [0.1, 0.15) is 5.56 Å². The number of aromatic nitrogens is 1. The minimum absolute atomic E-state index is 0.384. The Hall–Kier alpha value is -2.84. The largest absolute Gasteiger partial charge is 0.433 e. The Kier molecular flexibility index (Phi) is 3.47. The molecule has 118 valence electrons. The van der Waals surface area contributed by atoms with Crippen molar-refractivity contribution in [2.75, 3.05) is 5.32 Å². The molecule has 0 saturated carbocycles. The Morgan fingerprint density at radius 1 is 1.29 bits per heavy atom. The topological polar surface area (TPSA) is 51.2 Å². The van der Waals surface area contributed by atoms with E-state index >= 15 is 0 Å². The molecule has 0 spiro atoms. The molecule has 0 amide bonds. The number of nitrogens with zero attached hydrogens (tertiary/aromatic N) is 1. The number of hydrogen-bond donors (Lipinski definition) is 1. The Balaban J connectivity index is 1.60. The summed E-state index contributed by atoms with van der Waals surface area (Å²) in [7, 11) is 0. The van der Waals surface area contributed by atoms with E-state index in [9.17, 15) is 4.79 Å². The van der Waals surface area contributed by atoms with Gasteiger partial charge in [-0.1, -0.05) is 35.9 Å². The zero-order valence-corrected chi connectivity index (χ0v) is 14.0. The number of benzene rings is 1. The predicted molar refractivity (Wildman–Crippen MR) is 92.9 cm³/mol. The molecule has 0 unspecified atom stereocenters. The number of cyclic esters (lactones) is 1. The van der Waals surface area contributed by atoms with Gasteiger partial charge in [0.2, 0.25) is 6.23 Å². The summed E-state index contributed by atoms with van der Waals surface area (Å²) < 4.78 is 5.36. The third kappa shape index (κ3) is 2.51. The summed E-state index contributed by atoms with van der Waals surface area (Å²) in [6, 6.07) is 15.4. The summed E-state index contributed by atoms with van der Waals surface area (Å²) in [6.45, 7) is 4.15. The lowest BCUT2D eigenvalue weighted by molar-refractivity contribution is 0.0437. The fraction of sp³-hybridized carbons (Fsp3) is 0.158. The molecule has 24 heavy (non-hydrogen) atoms. The van der Waals surface area contributed by atoms with Crippen LogP contribution in [0.15, 0.2) is 35.7 Å². The maximum absolute atomic E-state index is 11.8. The maximum atomic E-state index is 11.8. The number of nitrogens with one attached hydrogen (secondary N) is 1. The van der Waals surface area contributed by atoms with Crippen LogP contribution in [0.4, 0.5) is 5.13 Å². The number of anilines is 1. The molecule has 0 saturated heterocycles. The van der Waals surface area contributed by atoms with E-state index in [2.05, 4.69) is 54.5 Å². The number of esters is 1. The number of rotatable bonds is 3. The second-order valence-corrected chi connectivity index (χ2v) is 6.58. The number of ether oxygens (including phenoxy) is 1. The van der Waals surface area contributed by atoms with Gasteiger partial charge in [-0.05, 0) is 31.5 Å². The zero-order chi connectivity index (χ0) is 16.7. The van der Waals surface area contributed by atoms with E-state index in [4.69, 9.17) is 4.74 Å². The van der Waals surface area contributed by atoms with Gasteiger partial charge >= 0.3 is 5.97 Å². The van der Waals surface area contributed by atoms with E-state index in [1.807, 2.05) is 11.4 Å². The molecule has 1 aliphatic heterocycles. The Labute approximate surface area is 144 Å². The van der Waals surface area contributed by atoms with Gasteiger partial charge < -0.3 is 10.1 Å². The molecule has 0 fully saturated rings. The van der Waals surface area contributed by atoms with Gasteiger partial charge in [0.05, 0.1) is 5.69 Å². The van der Waals surface area contributed by atoms with Crippen LogP contribution >= 0.6 is 11.3 Å². The first-order chi connectivity index (χ1) is 11.6. The van der Waals surface area contributed by atoms with Gasteiger partial charge in [0.15, 0.2) is 5.13 Å². The zero-order valence-electron chi connectivity index (χ0n) is 13.2. The van der Waals surface area contributed by atoms with Gasteiger partial charge in [-0.25, -0.2) is 9.78 Å². The van der Waals surface area contributed by atoms with Gasteiger partial charge in [-0.3, -0.25) is 0 Å². The average molecular weight is 334 g/mol. The van der Waals surface area contributed by atoms with Crippen LogP contribution in [0.25, 0.3) is 11.3 Å². The second-order valence-electron chi connectivity index (χ2n) is 5.72. The third-order valence-electron chi connectivity index (χ3n) is 3.96. The molecule has 5 heteroatoms. The highest BCUT2D eigenvalue weighted by atomic mass is 32.1. The fourth-order valence-electron chi connectivity index (χ4n) is 2.80. The van der Waals surface area contributed by atoms with E-state index in [0.29, 0.717) is 10.7 Å². The van der Waals surface area contributed by atoms with Crippen molar-refractivity contribution in [1.82, 2.24) is 4.98 Å². The number of carbonyl (C=O) groups excluding carboxylic acids is 1. The van der Waals surface area contributed by atoms with E-state index in [-0.39, 0.29) is 5.97 Å². The summed E-state index contributed by atoms with van der Waals surface area (Å²) in [5.41, 5.74) is 5.64. The molecule has 0 aliphatic carbocycles. The van der Waals surface area contributed by atoms with E-state index in [1.165, 1.54) is 22.5 Å². The predicted octanol–water partition coefficient (Wildman–Crippen LogP) is 4.31. The van der Waals surface area contributed by atoms with Crippen LogP contribution in [-0.2, 0) is 4.74 Å². The highest BCUT2D eigenvalue weighted by Gasteiger charge is 2.31. The third-order valence-corrected chi connectivity index (χ3v) is 4.73. The van der Waals surface area contributed by atoms with E-state index in [0.717, 1.165) is 16.8 Å². The lowest BCUT2D eigenvalue weighted by atomic mass is 10.0. The molecule has 4 rings (SSSR count). The molecule has 3 aromatic rings. The molecular weight excluding hydrogens is 320 g/mol. The molecule has 0 radical (unpaired) electrons. The lowest BCUT2D eigenvalue weighted by Gasteiger charge is -2.11. The van der Waals surface area contributed by atoms with Crippen LogP contribution in [0.3, 0.4) is 0 Å². The summed E-state index contributed by atoms with van der Waals surface area (Å²) in [4.78, 5) is 16.5. The van der Waals surface area contributed by atoms with Crippen molar-refractivity contribution >= 4 is 22.4 Å². The Morgan fingerprint density at radius 2 is 2.17 bits per heavy atom. The first-order valence-electron chi connectivity index (χ1n) is 7.55. The highest BCUT2D eigenvalue weighted by Crippen LogP contribution is 2.33. The quantitative estimate of drug-likeness (QED) is 0.725. The first-order valence-corrected chi connectivity index (χ1v) is 8.43. The second kappa shape index (κ2) is 5.66. The van der Waals surface area contributed by atoms with Crippen LogP contribution in [-0.4, -0.2) is 11.0 Å². The smallest absolute Gasteiger partial charge is 0.349 e. The first kappa shape index (κ1) is 14.7. The van der Waals surface area contributed by atoms with Crippen molar-refractivity contribution in [1.29, 1.82) is 0 Å². The molecule has 4 nitrogen and oxygen atoms in total. The van der Waals surface area contributed by atoms with E-state index < -0.39 is 6.23 Å². The average Bonchev–Trinajstić information content (AvgIpc) is 3.14. The minimum atomic E-state index is -0.531. The van der Waals surface area contributed by atoms with Crippen molar-refractivity contribution in [3.63, 3.8) is 0 Å². The van der Waals surface area contributed by atoms with Crippen LogP contribution < -0.4 is 5.32 Å².